The molecule has 1 fully saturated rings. The summed E-state index contributed by atoms with van der Waals surface area (Å²) in [6.07, 6.45) is 5.25. The smallest absolute Gasteiger partial charge is 0.248 e. The lowest BCUT2D eigenvalue weighted by Gasteiger charge is -2.31. The lowest BCUT2D eigenvalue weighted by Crippen LogP contribution is -2.43. The molecule has 1 saturated heterocycles. The van der Waals surface area contributed by atoms with Gasteiger partial charge in [-0.15, -0.1) is 0 Å². The number of hydrogen-bond acceptors (Lipinski definition) is 5. The minimum atomic E-state index is -0.0758. The predicted octanol–water partition coefficient (Wildman–Crippen LogP) is 0.371. The fourth-order valence-corrected chi connectivity index (χ4v) is 2.01. The molecule has 17 heavy (non-hydrogen) atoms. The van der Waals surface area contributed by atoms with E-state index < -0.39 is 0 Å². The summed E-state index contributed by atoms with van der Waals surface area (Å²) >= 11 is 0. The van der Waals surface area contributed by atoms with Crippen LogP contribution in [0, 0.1) is 5.92 Å². The molecule has 0 spiro atoms. The zero-order valence-electron chi connectivity index (χ0n) is 9.80. The van der Waals surface area contributed by atoms with Crippen molar-refractivity contribution in [1.82, 2.24) is 15.4 Å². The number of piperidine rings is 1. The molecule has 0 bridgehead atoms. The average Bonchev–Trinajstić information content (AvgIpc) is 2.40. The molecule has 1 aliphatic heterocycles. The first-order valence-corrected chi connectivity index (χ1v) is 5.66. The van der Waals surface area contributed by atoms with Gasteiger partial charge in [-0.2, -0.15) is 0 Å². The molecule has 1 aliphatic rings. The van der Waals surface area contributed by atoms with E-state index in [0.717, 1.165) is 19.4 Å². The largest absolute Gasteiger partial charge is 0.340 e. The van der Waals surface area contributed by atoms with Crippen LogP contribution in [0.15, 0.2) is 18.5 Å². The van der Waals surface area contributed by atoms with Gasteiger partial charge in [0, 0.05) is 25.5 Å². The lowest BCUT2D eigenvalue weighted by atomic mass is 9.98. The third-order valence-electron chi connectivity index (χ3n) is 2.83. The predicted molar refractivity (Wildman–Crippen MR) is 62.1 cm³/mol. The van der Waals surface area contributed by atoms with E-state index in [-0.39, 0.29) is 11.8 Å². The molecule has 1 amide bonds. The molecule has 0 unspecified atom stereocenters. The number of nitrogens with one attached hydrogen (secondary N) is 1. The maximum absolute atomic E-state index is 11.7. The zero-order valence-corrected chi connectivity index (χ0v) is 9.80. The first-order valence-electron chi connectivity index (χ1n) is 5.66. The monoisotopic (exact) mass is 236 g/mol. The van der Waals surface area contributed by atoms with Crippen molar-refractivity contribution in [3.05, 3.63) is 18.5 Å². The molecule has 0 saturated carbocycles. The fourth-order valence-electron chi connectivity index (χ4n) is 2.01. The van der Waals surface area contributed by atoms with E-state index in [9.17, 15) is 4.79 Å². The molecule has 92 valence electrons. The fraction of sp³-hybridized carbons (Fsp3) is 0.545. The molecule has 2 heterocycles. The number of hydroxylamine groups is 1. The molecule has 2 rings (SSSR count). The summed E-state index contributed by atoms with van der Waals surface area (Å²) < 4.78 is 0. The van der Waals surface area contributed by atoms with Crippen LogP contribution in [-0.2, 0) is 9.63 Å². The van der Waals surface area contributed by atoms with Crippen molar-refractivity contribution in [3.8, 4) is 0 Å². The summed E-state index contributed by atoms with van der Waals surface area (Å²) in [4.78, 5) is 26.7. The maximum atomic E-state index is 11.7. The van der Waals surface area contributed by atoms with Gasteiger partial charge in [-0.1, -0.05) is 0 Å². The summed E-state index contributed by atoms with van der Waals surface area (Å²) in [5.41, 5.74) is 2.38. The number of carbonyl (C=O) groups is 1. The van der Waals surface area contributed by atoms with Crippen LogP contribution in [0.4, 0.5) is 5.95 Å². The highest BCUT2D eigenvalue weighted by molar-refractivity contribution is 5.78. The van der Waals surface area contributed by atoms with E-state index in [4.69, 9.17) is 0 Å². The van der Waals surface area contributed by atoms with E-state index >= 15 is 0 Å². The van der Waals surface area contributed by atoms with Gasteiger partial charge in [0.25, 0.3) is 0 Å². The first kappa shape index (κ1) is 11.8. The molecule has 6 nitrogen and oxygen atoms in total. The van der Waals surface area contributed by atoms with E-state index in [2.05, 4.69) is 20.3 Å². The molecule has 0 radical (unpaired) electrons. The number of aromatic nitrogens is 2. The standard InChI is InChI=1S/C11H16N4O2/c1-17-14-10(16)9-4-2-7-15(8-9)11-12-5-3-6-13-11/h3,5-6,9H,2,4,7-8H2,1H3,(H,14,16)/t9-/m1/s1. The van der Waals surface area contributed by atoms with E-state index in [1.54, 1.807) is 18.5 Å². The van der Waals surface area contributed by atoms with Crippen LogP contribution in [0.3, 0.4) is 0 Å². The quantitative estimate of drug-likeness (QED) is 0.768. The van der Waals surface area contributed by atoms with E-state index in [1.807, 2.05) is 4.90 Å². The first-order chi connectivity index (χ1) is 8.31. The Kier molecular flexibility index (Phi) is 3.87. The normalized spacial score (nSPS) is 20.1. The second kappa shape index (κ2) is 5.58. The number of rotatable bonds is 3. The Morgan fingerprint density at radius 2 is 2.29 bits per heavy atom. The highest BCUT2D eigenvalue weighted by Gasteiger charge is 2.26. The topological polar surface area (TPSA) is 67.3 Å². The van der Waals surface area contributed by atoms with Gasteiger partial charge in [0.15, 0.2) is 0 Å². The van der Waals surface area contributed by atoms with Gasteiger partial charge in [0.2, 0.25) is 11.9 Å². The molecule has 1 atom stereocenters. The van der Waals surface area contributed by atoms with Crippen LogP contribution in [0.25, 0.3) is 0 Å². The molecular formula is C11H16N4O2. The van der Waals surface area contributed by atoms with E-state index in [1.165, 1.54) is 7.11 Å². The zero-order chi connectivity index (χ0) is 12.1. The highest BCUT2D eigenvalue weighted by Crippen LogP contribution is 2.19. The molecule has 1 aromatic rings. The van der Waals surface area contributed by atoms with Gasteiger partial charge in [0.1, 0.15) is 0 Å². The summed E-state index contributed by atoms with van der Waals surface area (Å²) in [6.45, 7) is 1.53. The van der Waals surface area contributed by atoms with Crippen LogP contribution in [0.2, 0.25) is 0 Å². The van der Waals surface area contributed by atoms with Crippen molar-refractivity contribution in [2.24, 2.45) is 5.92 Å². The van der Waals surface area contributed by atoms with Gasteiger partial charge >= 0.3 is 0 Å². The number of nitrogens with zero attached hydrogens (tertiary/aromatic N) is 3. The molecule has 0 aromatic carbocycles. The third-order valence-corrected chi connectivity index (χ3v) is 2.83. The van der Waals surface area contributed by atoms with Crippen LogP contribution < -0.4 is 10.4 Å². The van der Waals surface area contributed by atoms with Crippen molar-refractivity contribution in [3.63, 3.8) is 0 Å². The molecular weight excluding hydrogens is 220 g/mol. The Balaban J connectivity index is 2.00. The summed E-state index contributed by atoms with van der Waals surface area (Å²) in [5.74, 6) is 0.544. The van der Waals surface area contributed by atoms with Crippen LogP contribution in [0.1, 0.15) is 12.8 Å². The van der Waals surface area contributed by atoms with E-state index in [0.29, 0.717) is 12.5 Å². The summed E-state index contributed by atoms with van der Waals surface area (Å²) in [7, 11) is 1.44. The second-order valence-electron chi connectivity index (χ2n) is 4.00. The average molecular weight is 236 g/mol. The third kappa shape index (κ3) is 2.91. The van der Waals surface area contributed by atoms with Gasteiger partial charge in [0.05, 0.1) is 13.0 Å². The molecule has 6 heteroatoms. The van der Waals surface area contributed by atoms with Crippen molar-refractivity contribution < 1.29 is 9.63 Å². The molecule has 0 aliphatic carbocycles. The van der Waals surface area contributed by atoms with Crippen LogP contribution in [-0.4, -0.2) is 36.1 Å². The number of amides is 1. The summed E-state index contributed by atoms with van der Waals surface area (Å²) in [6, 6.07) is 1.78. The minimum absolute atomic E-state index is 0.0625. The number of hydrogen-bond donors (Lipinski definition) is 1. The van der Waals surface area contributed by atoms with Crippen molar-refractivity contribution in [2.75, 3.05) is 25.1 Å². The van der Waals surface area contributed by atoms with Crippen molar-refractivity contribution in [1.29, 1.82) is 0 Å². The Hall–Kier alpha value is -1.69. The highest BCUT2D eigenvalue weighted by atomic mass is 16.6. The van der Waals surface area contributed by atoms with Crippen molar-refractivity contribution in [2.45, 2.75) is 12.8 Å². The second-order valence-corrected chi connectivity index (χ2v) is 4.00. The Bertz CT molecular complexity index is 371. The Morgan fingerprint density at radius 3 is 3.00 bits per heavy atom. The lowest BCUT2D eigenvalue weighted by molar-refractivity contribution is -0.135. The minimum Gasteiger partial charge on any atom is -0.340 e. The van der Waals surface area contributed by atoms with Crippen LogP contribution in [0.5, 0.6) is 0 Å². The maximum Gasteiger partial charge on any atom is 0.248 e. The number of carbonyl (C=O) groups excluding carboxylic acids is 1. The Morgan fingerprint density at radius 1 is 1.53 bits per heavy atom. The van der Waals surface area contributed by atoms with Gasteiger partial charge in [-0.3, -0.25) is 9.63 Å². The van der Waals surface area contributed by atoms with Gasteiger partial charge in [-0.05, 0) is 18.9 Å². The van der Waals surface area contributed by atoms with Crippen molar-refractivity contribution >= 4 is 11.9 Å². The number of anilines is 1. The molecule has 1 N–H and O–H groups in total. The molecule has 1 aromatic heterocycles. The van der Waals surface area contributed by atoms with Gasteiger partial charge < -0.3 is 4.90 Å². The van der Waals surface area contributed by atoms with Crippen LogP contribution >= 0.6 is 0 Å². The van der Waals surface area contributed by atoms with Gasteiger partial charge in [-0.25, -0.2) is 15.4 Å². The Labute approximate surface area is 100.0 Å². The SMILES string of the molecule is CONC(=O)[C@@H]1CCCN(c2ncccn2)C1. The summed E-state index contributed by atoms with van der Waals surface area (Å²) in [5, 5.41) is 0.